The number of halogens is 1. The van der Waals surface area contributed by atoms with E-state index in [9.17, 15) is 9.90 Å². The van der Waals surface area contributed by atoms with Crippen LogP contribution in [0.2, 0.25) is 0 Å². The first-order valence-electron chi connectivity index (χ1n) is 10.9. The summed E-state index contributed by atoms with van der Waals surface area (Å²) in [5.74, 6) is 2.12. The first kappa shape index (κ1) is 24.5. The van der Waals surface area contributed by atoms with Gasteiger partial charge in [0, 0.05) is 24.3 Å². The summed E-state index contributed by atoms with van der Waals surface area (Å²) in [6.07, 6.45) is 1.65. The average molecular weight is 550 g/mol. The molecule has 6 nitrogen and oxygen atoms in total. The van der Waals surface area contributed by atoms with Crippen LogP contribution in [0, 0.1) is 0 Å². The van der Waals surface area contributed by atoms with Crippen LogP contribution in [-0.2, 0) is 0 Å². The van der Waals surface area contributed by atoms with E-state index in [1.54, 1.807) is 13.2 Å². The molecule has 2 aromatic carbocycles. The van der Waals surface area contributed by atoms with E-state index in [4.69, 9.17) is 9.47 Å². The van der Waals surface area contributed by atoms with E-state index in [1.807, 2.05) is 30.3 Å². The van der Waals surface area contributed by atoms with Crippen molar-refractivity contribution in [2.24, 2.45) is 0 Å². The van der Waals surface area contributed by atoms with E-state index in [0.717, 1.165) is 47.1 Å². The van der Waals surface area contributed by atoms with E-state index < -0.39 is 6.10 Å². The van der Waals surface area contributed by atoms with Crippen molar-refractivity contribution < 1.29 is 43.0 Å². The molecule has 1 atom stereocenters. The van der Waals surface area contributed by atoms with Crippen molar-refractivity contribution in [2.75, 3.05) is 40.4 Å². The maximum atomic E-state index is 11.5. The number of hydrogen-bond acceptors (Lipinski definition) is 4. The highest BCUT2D eigenvalue weighted by atomic mass is 127. The lowest BCUT2D eigenvalue weighted by molar-refractivity contribution is -0.917. The lowest BCUT2D eigenvalue weighted by atomic mass is 9.88. The minimum Gasteiger partial charge on any atom is -1.00 e. The molecule has 1 saturated heterocycles. The largest absolute Gasteiger partial charge is 1.00 e. The number of aromatic nitrogens is 1. The zero-order valence-electron chi connectivity index (χ0n) is 18.6. The van der Waals surface area contributed by atoms with Gasteiger partial charge in [0.15, 0.2) is 0 Å². The second kappa shape index (κ2) is 10.7. The highest BCUT2D eigenvalue weighted by Gasteiger charge is 2.32. The smallest absolute Gasteiger partial charge is 0.248 e. The summed E-state index contributed by atoms with van der Waals surface area (Å²) in [5.41, 5.74) is 1.96. The van der Waals surface area contributed by atoms with Gasteiger partial charge in [0.1, 0.15) is 30.8 Å². The Labute approximate surface area is 205 Å². The van der Waals surface area contributed by atoms with Crippen molar-refractivity contribution in [2.45, 2.75) is 24.9 Å². The van der Waals surface area contributed by atoms with Crippen molar-refractivity contribution in [3.63, 3.8) is 0 Å². The summed E-state index contributed by atoms with van der Waals surface area (Å²) in [6.45, 7) is 2.96. The van der Waals surface area contributed by atoms with E-state index in [2.05, 4.69) is 24.2 Å². The van der Waals surface area contributed by atoms with Crippen molar-refractivity contribution in [3.8, 4) is 11.5 Å². The molecule has 1 aromatic heterocycles. The Hall–Kier alpha value is -2.10. The topological polar surface area (TPSA) is 71.5 Å². The lowest BCUT2D eigenvalue weighted by Gasteiger charge is -2.41. The summed E-state index contributed by atoms with van der Waals surface area (Å²) in [7, 11) is 3.91. The monoisotopic (exact) mass is 550 g/mol. The van der Waals surface area contributed by atoms with E-state index in [0.29, 0.717) is 18.2 Å². The molecule has 1 aliphatic heterocycles. The Morgan fingerprint density at radius 1 is 1.09 bits per heavy atom. The number of aromatic amines is 1. The summed E-state index contributed by atoms with van der Waals surface area (Å²) in [6, 6.07) is 17.2. The number of pyridine rings is 1. The highest BCUT2D eigenvalue weighted by Crippen LogP contribution is 2.32. The third-order valence-corrected chi connectivity index (χ3v) is 6.43. The summed E-state index contributed by atoms with van der Waals surface area (Å²) in [4.78, 5) is 14.3. The normalized spacial score (nSPS) is 21.5. The molecule has 172 valence electrons. The number of nitrogens with zero attached hydrogens (tertiary/aromatic N) is 1. The maximum absolute atomic E-state index is 11.5. The molecule has 1 unspecified atom stereocenters. The lowest BCUT2D eigenvalue weighted by Crippen LogP contribution is -3.00. The van der Waals surface area contributed by atoms with Crippen molar-refractivity contribution in [1.29, 1.82) is 0 Å². The molecular formula is C25H31IN2O4. The van der Waals surface area contributed by atoms with E-state index >= 15 is 0 Å². The maximum Gasteiger partial charge on any atom is 0.248 e. The van der Waals surface area contributed by atoms with Gasteiger partial charge in [-0.3, -0.25) is 4.79 Å². The molecule has 3 aromatic rings. The second-order valence-corrected chi connectivity index (χ2v) is 8.80. The number of fused-ring (bicyclic) bond motifs is 1. The van der Waals surface area contributed by atoms with Crippen LogP contribution < -0.4 is 39.0 Å². The molecular weight excluding hydrogens is 519 g/mol. The number of aliphatic hydroxyl groups is 1. The van der Waals surface area contributed by atoms with Crippen molar-refractivity contribution in [1.82, 2.24) is 4.98 Å². The van der Waals surface area contributed by atoms with Crippen LogP contribution in [0.3, 0.4) is 0 Å². The molecule has 0 radical (unpaired) electrons. The minimum absolute atomic E-state index is 0. The van der Waals surface area contributed by atoms with Gasteiger partial charge in [-0.1, -0.05) is 18.2 Å². The van der Waals surface area contributed by atoms with Gasteiger partial charge in [-0.2, -0.15) is 0 Å². The third-order valence-electron chi connectivity index (χ3n) is 6.43. The molecule has 0 aliphatic carbocycles. The number of aliphatic hydroxyl groups excluding tert-OH is 1. The van der Waals surface area contributed by atoms with Gasteiger partial charge in [0.2, 0.25) is 5.56 Å². The summed E-state index contributed by atoms with van der Waals surface area (Å²) >= 11 is 0. The van der Waals surface area contributed by atoms with Crippen LogP contribution in [-0.4, -0.2) is 61.1 Å². The Morgan fingerprint density at radius 3 is 2.50 bits per heavy atom. The average Bonchev–Trinajstić information content (AvgIpc) is 2.78. The second-order valence-electron chi connectivity index (χ2n) is 8.80. The molecule has 1 aliphatic rings. The number of rotatable bonds is 7. The number of nitrogens with one attached hydrogen (secondary N) is 1. The number of likely N-dealkylation sites (N-methyl/N-ethyl adjacent to an activating group) is 1. The van der Waals surface area contributed by atoms with Crippen LogP contribution in [0.5, 0.6) is 11.5 Å². The van der Waals surface area contributed by atoms with Gasteiger partial charge in [-0.15, -0.1) is 0 Å². The minimum atomic E-state index is -0.555. The van der Waals surface area contributed by atoms with Gasteiger partial charge in [0.05, 0.1) is 32.8 Å². The van der Waals surface area contributed by atoms with E-state index in [-0.39, 0.29) is 36.1 Å². The predicted octanol–water partition coefficient (Wildman–Crippen LogP) is 0.305. The number of quaternary nitrogens is 1. The number of likely N-dealkylation sites (tertiary alicyclic amines) is 1. The number of benzene rings is 2. The van der Waals surface area contributed by atoms with Crippen LogP contribution in [0.25, 0.3) is 10.9 Å². The quantitative estimate of drug-likeness (QED) is 0.328. The van der Waals surface area contributed by atoms with Gasteiger partial charge in [0.25, 0.3) is 0 Å². The predicted molar refractivity (Wildman–Crippen MR) is 122 cm³/mol. The first-order chi connectivity index (χ1) is 15.0. The molecule has 0 spiro atoms. The summed E-state index contributed by atoms with van der Waals surface area (Å²) in [5, 5.41) is 11.5. The van der Waals surface area contributed by atoms with Crippen molar-refractivity contribution in [3.05, 3.63) is 70.5 Å². The zero-order chi connectivity index (χ0) is 21.8. The number of methoxy groups -OCH3 is 1. The van der Waals surface area contributed by atoms with Gasteiger partial charge >= 0.3 is 0 Å². The fourth-order valence-electron chi connectivity index (χ4n) is 4.61. The van der Waals surface area contributed by atoms with Gasteiger partial charge < -0.3 is 48.0 Å². The molecule has 32 heavy (non-hydrogen) atoms. The molecule has 0 bridgehead atoms. The standard InChI is InChI=1S/C25H30N2O4.HI/c1-27(14-12-19(13-15-27)18-6-8-21(30-2)9-7-18)16-20(28)17-31-24-5-3-4-23-22(24)10-11-25(29)26-23;/h3-11,19-20,28H,12-17H2,1-2H3;1H. The van der Waals surface area contributed by atoms with Crippen LogP contribution in [0.4, 0.5) is 0 Å². The molecule has 1 fully saturated rings. The fraction of sp³-hybridized carbons (Fsp3) is 0.400. The van der Waals surface area contributed by atoms with E-state index in [1.165, 1.54) is 11.6 Å². The fourth-order valence-corrected chi connectivity index (χ4v) is 4.61. The molecule has 4 rings (SSSR count). The Kier molecular flexibility index (Phi) is 8.19. The SMILES string of the molecule is COc1ccc(C2CC[N+](C)(CC(O)COc3cccc4[nH]c(=O)ccc34)CC2)cc1.[I-]. The summed E-state index contributed by atoms with van der Waals surface area (Å²) < 4.78 is 12.0. The zero-order valence-corrected chi connectivity index (χ0v) is 20.7. The molecule has 7 heteroatoms. The van der Waals surface area contributed by atoms with Crippen LogP contribution in [0.15, 0.2) is 59.4 Å². The van der Waals surface area contributed by atoms with Gasteiger partial charge in [-0.25, -0.2) is 0 Å². The first-order valence-corrected chi connectivity index (χ1v) is 10.9. The Balaban J connectivity index is 0.00000289. The third kappa shape index (κ3) is 5.82. The molecule has 2 heterocycles. The van der Waals surface area contributed by atoms with Crippen molar-refractivity contribution >= 4 is 10.9 Å². The van der Waals surface area contributed by atoms with Crippen LogP contribution in [0.1, 0.15) is 24.3 Å². The number of piperidine rings is 1. The Morgan fingerprint density at radius 2 is 1.81 bits per heavy atom. The number of hydrogen-bond donors (Lipinski definition) is 2. The number of H-pyrrole nitrogens is 1. The van der Waals surface area contributed by atoms with Crippen LogP contribution >= 0.6 is 0 Å². The van der Waals surface area contributed by atoms with Gasteiger partial charge in [-0.05, 0) is 41.8 Å². The highest BCUT2D eigenvalue weighted by molar-refractivity contribution is 5.84. The Bertz CT molecular complexity index is 1080. The number of ether oxygens (including phenoxy) is 2. The molecule has 0 amide bonds. The molecule has 2 N–H and O–H groups in total. The molecule has 0 saturated carbocycles.